The van der Waals surface area contributed by atoms with Crippen molar-refractivity contribution in [1.82, 2.24) is 9.29 Å². The Kier molecular flexibility index (Phi) is 4.07. The summed E-state index contributed by atoms with van der Waals surface area (Å²) in [6.07, 6.45) is 4.24. The Balaban J connectivity index is 1.58. The number of rotatable bonds is 4. The van der Waals surface area contributed by atoms with Gasteiger partial charge in [0.2, 0.25) is 10.0 Å². The number of pyridine rings is 1. The number of hydrogen-bond acceptors (Lipinski definition) is 4. The van der Waals surface area contributed by atoms with E-state index < -0.39 is 15.8 Å². The molecule has 3 rings (SSSR count). The van der Waals surface area contributed by atoms with Crippen molar-refractivity contribution in [2.75, 3.05) is 18.4 Å². The molecule has 1 aliphatic carbocycles. The molecule has 0 spiro atoms. The van der Waals surface area contributed by atoms with Gasteiger partial charge in [-0.1, -0.05) is 11.6 Å². The van der Waals surface area contributed by atoms with Crippen molar-refractivity contribution in [2.45, 2.75) is 37.0 Å². The van der Waals surface area contributed by atoms with Crippen LogP contribution >= 0.6 is 11.6 Å². The summed E-state index contributed by atoms with van der Waals surface area (Å²) >= 11 is 5.66. The first kappa shape index (κ1) is 15.0. The summed E-state index contributed by atoms with van der Waals surface area (Å²) in [7, 11) is -3.10. The smallest absolute Gasteiger partial charge is 0.216 e. The lowest BCUT2D eigenvalue weighted by Crippen LogP contribution is -2.43. The molecule has 116 valence electrons. The van der Waals surface area contributed by atoms with Crippen molar-refractivity contribution in [1.29, 1.82) is 0 Å². The average Bonchev–Trinajstić information content (AvgIpc) is 3.27. The van der Waals surface area contributed by atoms with E-state index in [4.69, 9.17) is 11.6 Å². The minimum atomic E-state index is -3.10. The van der Waals surface area contributed by atoms with E-state index in [1.54, 1.807) is 4.31 Å². The summed E-state index contributed by atoms with van der Waals surface area (Å²) in [5.41, 5.74) is 0. The summed E-state index contributed by atoms with van der Waals surface area (Å²) in [6.45, 7) is 0.956. The summed E-state index contributed by atoms with van der Waals surface area (Å²) < 4.78 is 39.5. The lowest BCUT2D eigenvalue weighted by atomic mass is 10.1. The van der Waals surface area contributed by atoms with Crippen LogP contribution in [0.15, 0.2) is 12.3 Å². The Morgan fingerprint density at radius 1 is 1.29 bits per heavy atom. The fourth-order valence-electron chi connectivity index (χ4n) is 2.55. The predicted molar refractivity (Wildman–Crippen MR) is 79.4 cm³/mol. The highest BCUT2D eigenvalue weighted by Crippen LogP contribution is 2.32. The number of piperidine rings is 1. The van der Waals surface area contributed by atoms with Gasteiger partial charge in [-0.2, -0.15) is 0 Å². The number of anilines is 1. The second-order valence-corrected chi connectivity index (χ2v) is 8.20. The zero-order valence-corrected chi connectivity index (χ0v) is 13.0. The average molecular weight is 334 g/mol. The molecule has 21 heavy (non-hydrogen) atoms. The van der Waals surface area contributed by atoms with Crippen LogP contribution < -0.4 is 5.32 Å². The third kappa shape index (κ3) is 3.30. The molecule has 0 atom stereocenters. The first-order valence-electron chi connectivity index (χ1n) is 7.03. The van der Waals surface area contributed by atoms with Crippen molar-refractivity contribution in [3.8, 4) is 0 Å². The van der Waals surface area contributed by atoms with Gasteiger partial charge in [0.1, 0.15) is 0 Å². The molecule has 1 aromatic heterocycles. The SMILES string of the molecule is O=S(=O)(C1CC1)N1CCC(Nc2ncc(Cl)cc2F)CC1. The molecule has 1 N–H and O–H groups in total. The topological polar surface area (TPSA) is 62.3 Å². The van der Waals surface area contributed by atoms with Crippen LogP contribution in [0.1, 0.15) is 25.7 Å². The normalized spacial score (nSPS) is 21.4. The maximum Gasteiger partial charge on any atom is 0.216 e. The van der Waals surface area contributed by atoms with Gasteiger partial charge in [-0.05, 0) is 31.7 Å². The molecule has 2 fully saturated rings. The molecule has 5 nitrogen and oxygen atoms in total. The van der Waals surface area contributed by atoms with Gasteiger partial charge < -0.3 is 5.32 Å². The zero-order chi connectivity index (χ0) is 15.0. The van der Waals surface area contributed by atoms with Crippen molar-refractivity contribution in [2.24, 2.45) is 0 Å². The molecule has 8 heteroatoms. The van der Waals surface area contributed by atoms with E-state index in [2.05, 4.69) is 10.3 Å². The highest BCUT2D eigenvalue weighted by Gasteiger charge is 2.41. The number of nitrogens with one attached hydrogen (secondary N) is 1. The van der Waals surface area contributed by atoms with E-state index in [1.807, 2.05) is 0 Å². The summed E-state index contributed by atoms with van der Waals surface area (Å²) in [5.74, 6) is -0.321. The third-order valence-electron chi connectivity index (χ3n) is 3.91. The van der Waals surface area contributed by atoms with Crippen LogP contribution in [-0.4, -0.2) is 42.1 Å². The third-order valence-corrected chi connectivity index (χ3v) is 6.51. The first-order chi connectivity index (χ1) is 9.96. The van der Waals surface area contributed by atoms with Gasteiger partial charge in [0, 0.05) is 25.3 Å². The summed E-state index contributed by atoms with van der Waals surface area (Å²) in [4.78, 5) is 3.93. The molecule has 0 bridgehead atoms. The van der Waals surface area contributed by atoms with Gasteiger partial charge in [-0.25, -0.2) is 22.1 Å². The van der Waals surface area contributed by atoms with Crippen LogP contribution in [0, 0.1) is 5.82 Å². The van der Waals surface area contributed by atoms with Gasteiger partial charge in [0.05, 0.1) is 10.3 Å². The van der Waals surface area contributed by atoms with Crippen LogP contribution in [0.5, 0.6) is 0 Å². The van der Waals surface area contributed by atoms with Crippen LogP contribution in [0.4, 0.5) is 10.2 Å². The minimum absolute atomic E-state index is 0.0267. The summed E-state index contributed by atoms with van der Waals surface area (Å²) in [5, 5.41) is 3.11. The van der Waals surface area contributed by atoms with Gasteiger partial charge in [-0.3, -0.25) is 0 Å². The maximum atomic E-state index is 13.7. The number of hydrogen-bond donors (Lipinski definition) is 1. The highest BCUT2D eigenvalue weighted by molar-refractivity contribution is 7.90. The van der Waals surface area contributed by atoms with Crippen LogP contribution in [0.2, 0.25) is 5.02 Å². The molecule has 0 amide bonds. The van der Waals surface area contributed by atoms with E-state index >= 15 is 0 Å². The molecule has 1 aliphatic heterocycles. The Morgan fingerprint density at radius 3 is 2.52 bits per heavy atom. The highest BCUT2D eigenvalue weighted by atomic mass is 35.5. The lowest BCUT2D eigenvalue weighted by molar-refractivity contribution is 0.328. The second kappa shape index (κ2) is 5.70. The van der Waals surface area contributed by atoms with E-state index in [0.29, 0.717) is 25.9 Å². The van der Waals surface area contributed by atoms with Crippen molar-refractivity contribution < 1.29 is 12.8 Å². The number of sulfonamides is 1. The van der Waals surface area contributed by atoms with Crippen LogP contribution in [-0.2, 0) is 10.0 Å². The Labute approximate surface area is 128 Å². The zero-order valence-electron chi connectivity index (χ0n) is 11.4. The quantitative estimate of drug-likeness (QED) is 0.918. The van der Waals surface area contributed by atoms with E-state index in [9.17, 15) is 12.8 Å². The Hall–Kier alpha value is -0.920. The molecule has 0 unspecified atom stereocenters. The molecular weight excluding hydrogens is 317 g/mol. The fourth-order valence-corrected chi connectivity index (χ4v) is 4.56. The molecule has 2 aliphatic rings. The number of halogens is 2. The van der Waals surface area contributed by atoms with E-state index in [1.165, 1.54) is 12.3 Å². The minimum Gasteiger partial charge on any atom is -0.365 e. The summed E-state index contributed by atoms with van der Waals surface area (Å²) in [6, 6.07) is 1.24. The van der Waals surface area contributed by atoms with E-state index in [-0.39, 0.29) is 22.1 Å². The largest absolute Gasteiger partial charge is 0.365 e. The number of aromatic nitrogens is 1. The van der Waals surface area contributed by atoms with Gasteiger partial charge in [-0.15, -0.1) is 0 Å². The Morgan fingerprint density at radius 2 is 1.95 bits per heavy atom. The standard InChI is InChI=1S/C13H17ClFN3O2S/c14-9-7-12(15)13(16-8-9)17-10-3-5-18(6-4-10)21(19,20)11-1-2-11/h7-8,10-11H,1-6H2,(H,16,17). The van der Waals surface area contributed by atoms with E-state index in [0.717, 1.165) is 12.8 Å². The number of nitrogens with zero attached hydrogens (tertiary/aromatic N) is 2. The van der Waals surface area contributed by atoms with Crippen molar-refractivity contribution in [3.63, 3.8) is 0 Å². The van der Waals surface area contributed by atoms with Gasteiger partial charge >= 0.3 is 0 Å². The molecule has 2 heterocycles. The van der Waals surface area contributed by atoms with Crippen LogP contribution in [0.25, 0.3) is 0 Å². The molecule has 1 aromatic rings. The van der Waals surface area contributed by atoms with Crippen molar-refractivity contribution >= 4 is 27.4 Å². The van der Waals surface area contributed by atoms with Gasteiger partial charge in [0.15, 0.2) is 11.6 Å². The molecule has 1 saturated heterocycles. The van der Waals surface area contributed by atoms with Gasteiger partial charge in [0.25, 0.3) is 0 Å². The fraction of sp³-hybridized carbons (Fsp3) is 0.615. The first-order valence-corrected chi connectivity index (χ1v) is 8.91. The van der Waals surface area contributed by atoms with Crippen molar-refractivity contribution in [3.05, 3.63) is 23.1 Å². The lowest BCUT2D eigenvalue weighted by Gasteiger charge is -2.32. The molecular formula is C13H17ClFN3O2S. The monoisotopic (exact) mass is 333 g/mol. The maximum absolute atomic E-state index is 13.7. The Bertz CT molecular complexity index is 628. The predicted octanol–water partition coefficient (Wildman–Crippen LogP) is 2.24. The molecule has 1 saturated carbocycles. The molecule has 0 radical (unpaired) electrons. The second-order valence-electron chi connectivity index (χ2n) is 5.55. The van der Waals surface area contributed by atoms with Crippen LogP contribution in [0.3, 0.4) is 0 Å². The molecule has 0 aromatic carbocycles.